The van der Waals surface area contributed by atoms with Gasteiger partial charge in [-0.25, -0.2) is 8.42 Å². The fourth-order valence-corrected chi connectivity index (χ4v) is 6.38. The molecule has 0 bridgehead atoms. The topological polar surface area (TPSA) is 79.0 Å². The Labute approximate surface area is 203 Å². The molecule has 2 fully saturated rings. The standard InChI is InChI=1S/C26H35N3O4S/c1-33-25-10-6-5-9-24(25)28-17-19-29(20-18-28)34(31,32)23-14-12-22(13-15-23)27-26(30)16-11-21-7-3-2-4-8-21/h5-6,9-10,12-15,21H,2-4,7-8,11,16-20H2,1H3,(H,27,30). The number of nitrogens with one attached hydrogen (secondary N) is 1. The summed E-state index contributed by atoms with van der Waals surface area (Å²) in [6, 6.07) is 14.3. The molecule has 2 aromatic rings. The van der Waals surface area contributed by atoms with Crippen molar-refractivity contribution in [1.82, 2.24) is 4.31 Å². The minimum absolute atomic E-state index is 0.00589. The molecule has 1 saturated heterocycles. The lowest BCUT2D eigenvalue weighted by molar-refractivity contribution is -0.116. The quantitative estimate of drug-likeness (QED) is 0.595. The van der Waals surface area contributed by atoms with Crippen LogP contribution in [0.5, 0.6) is 5.75 Å². The van der Waals surface area contributed by atoms with Crippen molar-refractivity contribution in [3.05, 3.63) is 48.5 Å². The molecule has 0 unspecified atom stereocenters. The SMILES string of the molecule is COc1ccccc1N1CCN(S(=O)(=O)c2ccc(NC(=O)CCC3CCCCC3)cc2)CC1. The second-order valence-corrected chi connectivity index (χ2v) is 11.1. The third-order valence-electron chi connectivity index (χ3n) is 6.94. The van der Waals surface area contributed by atoms with E-state index in [4.69, 9.17) is 4.74 Å². The maximum atomic E-state index is 13.2. The smallest absolute Gasteiger partial charge is 0.243 e. The van der Waals surface area contributed by atoms with Gasteiger partial charge in [0.2, 0.25) is 15.9 Å². The number of carbonyl (C=O) groups excluding carboxylic acids is 1. The summed E-state index contributed by atoms with van der Waals surface area (Å²) in [4.78, 5) is 14.7. The number of hydrogen-bond acceptors (Lipinski definition) is 5. The molecule has 34 heavy (non-hydrogen) atoms. The normalized spacial score (nSPS) is 18.0. The van der Waals surface area contributed by atoms with Crippen LogP contribution in [0.15, 0.2) is 53.4 Å². The van der Waals surface area contributed by atoms with Crippen molar-refractivity contribution in [2.24, 2.45) is 5.92 Å². The van der Waals surface area contributed by atoms with E-state index in [1.807, 2.05) is 24.3 Å². The number of ether oxygens (including phenoxy) is 1. The molecular formula is C26H35N3O4S. The van der Waals surface area contributed by atoms with Gasteiger partial charge in [0.1, 0.15) is 5.75 Å². The fraction of sp³-hybridized carbons (Fsp3) is 0.500. The Morgan fingerprint density at radius 1 is 0.971 bits per heavy atom. The zero-order valence-electron chi connectivity index (χ0n) is 19.9. The maximum Gasteiger partial charge on any atom is 0.243 e. The molecular weight excluding hydrogens is 450 g/mol. The average molecular weight is 486 g/mol. The molecule has 1 saturated carbocycles. The number of para-hydroxylation sites is 2. The molecule has 0 radical (unpaired) electrons. The molecule has 0 atom stereocenters. The molecule has 184 valence electrons. The number of amides is 1. The Kier molecular flexibility index (Phi) is 8.11. The van der Waals surface area contributed by atoms with Gasteiger partial charge in [-0.2, -0.15) is 4.31 Å². The van der Waals surface area contributed by atoms with E-state index >= 15 is 0 Å². The van der Waals surface area contributed by atoms with E-state index in [0.717, 1.165) is 17.9 Å². The Hall–Kier alpha value is -2.58. The summed E-state index contributed by atoms with van der Waals surface area (Å²) in [5.74, 6) is 1.44. The lowest BCUT2D eigenvalue weighted by Gasteiger charge is -2.35. The zero-order chi connectivity index (χ0) is 24.0. The first-order chi connectivity index (χ1) is 16.5. The summed E-state index contributed by atoms with van der Waals surface area (Å²) < 4.78 is 33.3. The van der Waals surface area contributed by atoms with E-state index in [-0.39, 0.29) is 10.8 Å². The van der Waals surface area contributed by atoms with Crippen molar-refractivity contribution in [1.29, 1.82) is 0 Å². The van der Waals surface area contributed by atoms with Crippen molar-refractivity contribution in [3.8, 4) is 5.75 Å². The van der Waals surface area contributed by atoms with Crippen molar-refractivity contribution < 1.29 is 17.9 Å². The second kappa shape index (κ2) is 11.2. The van der Waals surface area contributed by atoms with Gasteiger partial charge in [-0.1, -0.05) is 44.2 Å². The predicted molar refractivity (Wildman–Crippen MR) is 135 cm³/mol. The number of sulfonamides is 1. The van der Waals surface area contributed by atoms with Crippen LogP contribution in [0.2, 0.25) is 0 Å². The van der Waals surface area contributed by atoms with Crippen LogP contribution in [0.25, 0.3) is 0 Å². The molecule has 2 aliphatic rings. The summed E-state index contributed by atoms with van der Waals surface area (Å²) >= 11 is 0. The monoisotopic (exact) mass is 485 g/mol. The number of carbonyl (C=O) groups is 1. The molecule has 1 amide bonds. The van der Waals surface area contributed by atoms with E-state index < -0.39 is 10.0 Å². The molecule has 2 aromatic carbocycles. The van der Waals surface area contributed by atoms with E-state index in [0.29, 0.717) is 44.2 Å². The highest BCUT2D eigenvalue weighted by molar-refractivity contribution is 7.89. The molecule has 8 heteroatoms. The molecule has 1 N–H and O–H groups in total. The van der Waals surface area contributed by atoms with Crippen LogP contribution in [0, 0.1) is 5.92 Å². The van der Waals surface area contributed by atoms with Gasteiger partial charge in [0.15, 0.2) is 0 Å². The van der Waals surface area contributed by atoms with Crippen molar-refractivity contribution >= 4 is 27.3 Å². The van der Waals surface area contributed by atoms with Crippen LogP contribution in [0.1, 0.15) is 44.9 Å². The van der Waals surface area contributed by atoms with E-state index in [9.17, 15) is 13.2 Å². The Bertz CT molecular complexity index is 1060. The van der Waals surface area contributed by atoms with Gasteiger partial charge in [0, 0.05) is 38.3 Å². The van der Waals surface area contributed by atoms with Crippen molar-refractivity contribution in [2.75, 3.05) is 43.5 Å². The number of hydrogen-bond donors (Lipinski definition) is 1. The first-order valence-corrected chi connectivity index (χ1v) is 13.7. The number of methoxy groups -OCH3 is 1. The number of piperazine rings is 1. The first kappa shape index (κ1) is 24.5. The van der Waals surface area contributed by atoms with Crippen LogP contribution in [0.3, 0.4) is 0 Å². The minimum Gasteiger partial charge on any atom is -0.495 e. The summed E-state index contributed by atoms with van der Waals surface area (Å²) in [7, 11) is -1.95. The summed E-state index contributed by atoms with van der Waals surface area (Å²) in [5, 5.41) is 2.91. The van der Waals surface area contributed by atoms with Crippen LogP contribution in [-0.2, 0) is 14.8 Å². The largest absolute Gasteiger partial charge is 0.495 e. The maximum absolute atomic E-state index is 13.2. The molecule has 1 aliphatic carbocycles. The predicted octanol–water partition coefficient (Wildman–Crippen LogP) is 4.51. The van der Waals surface area contributed by atoms with Gasteiger partial charge >= 0.3 is 0 Å². The van der Waals surface area contributed by atoms with Gasteiger partial charge in [-0.15, -0.1) is 0 Å². The Morgan fingerprint density at radius 2 is 1.65 bits per heavy atom. The van der Waals surface area contributed by atoms with E-state index in [1.165, 1.54) is 36.4 Å². The average Bonchev–Trinajstić information content (AvgIpc) is 2.88. The molecule has 1 heterocycles. The molecule has 1 aliphatic heterocycles. The second-order valence-electron chi connectivity index (χ2n) is 9.18. The highest BCUT2D eigenvalue weighted by atomic mass is 32.2. The van der Waals surface area contributed by atoms with Gasteiger partial charge in [0.25, 0.3) is 0 Å². The summed E-state index contributed by atoms with van der Waals surface area (Å²) in [6.07, 6.45) is 7.77. The fourth-order valence-electron chi connectivity index (χ4n) is 4.95. The van der Waals surface area contributed by atoms with E-state index in [1.54, 1.807) is 31.4 Å². The van der Waals surface area contributed by atoms with Gasteiger partial charge < -0.3 is 15.0 Å². The molecule has 0 spiro atoms. The van der Waals surface area contributed by atoms with Crippen LogP contribution < -0.4 is 15.0 Å². The third-order valence-corrected chi connectivity index (χ3v) is 8.86. The van der Waals surface area contributed by atoms with Crippen LogP contribution in [0.4, 0.5) is 11.4 Å². The highest BCUT2D eigenvalue weighted by Crippen LogP contribution is 2.30. The molecule has 4 rings (SSSR count). The lowest BCUT2D eigenvalue weighted by atomic mass is 9.86. The number of nitrogens with zero attached hydrogens (tertiary/aromatic N) is 2. The van der Waals surface area contributed by atoms with E-state index in [2.05, 4.69) is 10.2 Å². The van der Waals surface area contributed by atoms with Crippen molar-refractivity contribution in [3.63, 3.8) is 0 Å². The highest BCUT2D eigenvalue weighted by Gasteiger charge is 2.29. The Balaban J connectivity index is 1.31. The lowest BCUT2D eigenvalue weighted by Crippen LogP contribution is -2.48. The van der Waals surface area contributed by atoms with Gasteiger partial charge in [-0.05, 0) is 48.7 Å². The summed E-state index contributed by atoms with van der Waals surface area (Å²) in [5.41, 5.74) is 1.61. The van der Waals surface area contributed by atoms with Gasteiger partial charge in [0.05, 0.1) is 17.7 Å². The third kappa shape index (κ3) is 5.91. The molecule has 0 aromatic heterocycles. The first-order valence-electron chi connectivity index (χ1n) is 12.3. The van der Waals surface area contributed by atoms with Crippen molar-refractivity contribution in [2.45, 2.75) is 49.8 Å². The Morgan fingerprint density at radius 3 is 2.32 bits per heavy atom. The summed E-state index contributed by atoms with van der Waals surface area (Å²) in [6.45, 7) is 1.99. The van der Waals surface area contributed by atoms with Crippen LogP contribution in [-0.4, -0.2) is 51.9 Å². The zero-order valence-corrected chi connectivity index (χ0v) is 20.7. The van der Waals surface area contributed by atoms with Gasteiger partial charge in [-0.3, -0.25) is 4.79 Å². The number of rotatable bonds is 8. The van der Waals surface area contributed by atoms with Crippen LogP contribution >= 0.6 is 0 Å². The molecule has 7 nitrogen and oxygen atoms in total. The number of anilines is 2. The minimum atomic E-state index is -3.59. The number of benzene rings is 2.